The van der Waals surface area contributed by atoms with Crippen LogP contribution in [0.25, 0.3) is 22.6 Å². The predicted molar refractivity (Wildman–Crippen MR) is 111 cm³/mol. The van der Waals surface area contributed by atoms with Crippen molar-refractivity contribution in [1.29, 1.82) is 0 Å². The van der Waals surface area contributed by atoms with E-state index in [1.165, 1.54) is 0 Å². The summed E-state index contributed by atoms with van der Waals surface area (Å²) in [6, 6.07) is 9.36. The van der Waals surface area contributed by atoms with Crippen LogP contribution in [-0.4, -0.2) is 36.5 Å². The third-order valence-corrected chi connectivity index (χ3v) is 4.33. The first kappa shape index (κ1) is 19.6. The maximum Gasteiger partial charge on any atom is 0.412 e. The lowest BCUT2D eigenvalue weighted by Crippen LogP contribution is -2.27. The van der Waals surface area contributed by atoms with Crippen molar-refractivity contribution in [3.05, 3.63) is 54.0 Å². The highest BCUT2D eigenvalue weighted by Gasteiger charge is 2.22. The van der Waals surface area contributed by atoms with Gasteiger partial charge in [-0.3, -0.25) is 10.3 Å². The van der Waals surface area contributed by atoms with Crippen LogP contribution >= 0.6 is 0 Å². The Kier molecular flexibility index (Phi) is 4.94. The molecule has 0 saturated heterocycles. The van der Waals surface area contributed by atoms with Gasteiger partial charge in [0.05, 0.1) is 23.3 Å². The molecule has 0 aliphatic heterocycles. The molecular formula is C21H22N6O3. The summed E-state index contributed by atoms with van der Waals surface area (Å²) in [6.45, 7) is 7.73. The molecule has 1 N–H and O–H groups in total. The van der Waals surface area contributed by atoms with Crippen LogP contribution in [0.5, 0.6) is 0 Å². The van der Waals surface area contributed by atoms with Crippen molar-refractivity contribution in [2.24, 2.45) is 0 Å². The highest BCUT2D eigenvalue weighted by atomic mass is 16.6. The van der Waals surface area contributed by atoms with Gasteiger partial charge in [-0.25, -0.2) is 14.4 Å². The first-order valence-corrected chi connectivity index (χ1v) is 9.49. The Labute approximate surface area is 173 Å². The SMILES string of the molecule is Cc1nonc1-c1nc2cccc(NC(=O)OC(C)(C)C)c2n1Cc1cccnc1. The zero-order chi connectivity index (χ0) is 21.3. The van der Waals surface area contributed by atoms with Gasteiger partial charge in [-0.15, -0.1) is 0 Å². The van der Waals surface area contributed by atoms with Crippen LogP contribution in [0, 0.1) is 6.92 Å². The number of pyridine rings is 1. The molecule has 0 fully saturated rings. The molecular weight excluding hydrogens is 384 g/mol. The van der Waals surface area contributed by atoms with E-state index in [0.717, 1.165) is 11.1 Å². The smallest absolute Gasteiger partial charge is 0.412 e. The molecule has 0 spiro atoms. The van der Waals surface area contributed by atoms with Crippen LogP contribution in [0.2, 0.25) is 0 Å². The van der Waals surface area contributed by atoms with Crippen LogP contribution in [0.3, 0.4) is 0 Å². The number of hydrogen-bond donors (Lipinski definition) is 1. The van der Waals surface area contributed by atoms with Crippen molar-refractivity contribution < 1.29 is 14.2 Å². The van der Waals surface area contributed by atoms with Crippen LogP contribution in [0.4, 0.5) is 10.5 Å². The Morgan fingerprint density at radius 3 is 2.70 bits per heavy atom. The number of anilines is 1. The molecule has 0 aliphatic rings. The van der Waals surface area contributed by atoms with Crippen molar-refractivity contribution >= 4 is 22.8 Å². The van der Waals surface area contributed by atoms with Crippen molar-refractivity contribution in [3.63, 3.8) is 0 Å². The second-order valence-corrected chi connectivity index (χ2v) is 7.88. The highest BCUT2D eigenvalue weighted by molar-refractivity contribution is 5.98. The van der Waals surface area contributed by atoms with Crippen molar-refractivity contribution in [2.75, 3.05) is 5.32 Å². The molecule has 0 atom stereocenters. The van der Waals surface area contributed by atoms with Gasteiger partial charge in [0.15, 0.2) is 11.5 Å². The molecule has 9 nitrogen and oxygen atoms in total. The lowest BCUT2D eigenvalue weighted by atomic mass is 10.2. The maximum atomic E-state index is 12.4. The van der Waals surface area contributed by atoms with Gasteiger partial charge < -0.3 is 9.30 Å². The number of ether oxygens (including phenoxy) is 1. The molecule has 4 aromatic rings. The van der Waals surface area contributed by atoms with Crippen molar-refractivity contribution in [3.8, 4) is 11.5 Å². The number of para-hydroxylation sites is 1. The first-order valence-electron chi connectivity index (χ1n) is 9.49. The second kappa shape index (κ2) is 7.58. The highest BCUT2D eigenvalue weighted by Crippen LogP contribution is 2.31. The third kappa shape index (κ3) is 4.00. The van der Waals surface area contributed by atoms with E-state index < -0.39 is 11.7 Å². The minimum absolute atomic E-state index is 0.471. The number of amides is 1. The molecule has 9 heteroatoms. The van der Waals surface area contributed by atoms with E-state index in [0.29, 0.717) is 35.0 Å². The fourth-order valence-electron chi connectivity index (χ4n) is 3.14. The zero-order valence-corrected chi connectivity index (χ0v) is 17.2. The molecule has 0 saturated carbocycles. The van der Waals surface area contributed by atoms with E-state index in [4.69, 9.17) is 14.3 Å². The van der Waals surface area contributed by atoms with E-state index >= 15 is 0 Å². The van der Waals surface area contributed by atoms with E-state index in [-0.39, 0.29) is 0 Å². The van der Waals surface area contributed by atoms with E-state index in [2.05, 4.69) is 20.6 Å². The topological polar surface area (TPSA) is 108 Å². The summed E-state index contributed by atoms with van der Waals surface area (Å²) < 4.78 is 12.3. The van der Waals surface area contributed by atoms with Gasteiger partial charge in [0.1, 0.15) is 11.3 Å². The van der Waals surface area contributed by atoms with E-state index in [1.807, 2.05) is 55.7 Å². The number of carbonyl (C=O) groups is 1. The Balaban J connectivity index is 1.85. The monoisotopic (exact) mass is 406 g/mol. The molecule has 0 unspecified atom stereocenters. The summed E-state index contributed by atoms with van der Waals surface area (Å²) in [5.74, 6) is 0.589. The molecule has 3 aromatic heterocycles. The molecule has 0 aliphatic carbocycles. The summed E-state index contributed by atoms with van der Waals surface area (Å²) in [5.41, 5.74) is 3.55. The molecule has 1 amide bonds. The molecule has 0 radical (unpaired) electrons. The Morgan fingerprint density at radius 2 is 2.03 bits per heavy atom. The van der Waals surface area contributed by atoms with Crippen LogP contribution in [-0.2, 0) is 11.3 Å². The molecule has 1 aromatic carbocycles. The van der Waals surface area contributed by atoms with E-state index in [1.54, 1.807) is 19.3 Å². The lowest BCUT2D eigenvalue weighted by molar-refractivity contribution is 0.0636. The van der Waals surface area contributed by atoms with Gasteiger partial charge in [0, 0.05) is 12.4 Å². The number of carbonyl (C=O) groups excluding carboxylic acids is 1. The van der Waals surface area contributed by atoms with Gasteiger partial charge >= 0.3 is 6.09 Å². The number of imidazole rings is 1. The number of aryl methyl sites for hydroxylation is 1. The van der Waals surface area contributed by atoms with E-state index in [9.17, 15) is 4.79 Å². The Hall–Kier alpha value is -3.75. The van der Waals surface area contributed by atoms with Gasteiger partial charge in [0.25, 0.3) is 0 Å². The second-order valence-electron chi connectivity index (χ2n) is 7.88. The Bertz CT molecular complexity index is 1190. The largest absolute Gasteiger partial charge is 0.444 e. The summed E-state index contributed by atoms with van der Waals surface area (Å²) in [6.07, 6.45) is 2.97. The third-order valence-electron chi connectivity index (χ3n) is 4.33. The predicted octanol–water partition coefficient (Wildman–Crippen LogP) is 4.19. The van der Waals surface area contributed by atoms with Gasteiger partial charge in [-0.05, 0) is 56.6 Å². The minimum Gasteiger partial charge on any atom is -0.444 e. The standard InChI is InChI=1S/C21H22N6O3/c1-13-17(26-30-25-13)19-23-15-8-5-9-16(24-20(28)29-21(2,3)4)18(15)27(19)12-14-7-6-10-22-11-14/h5-11H,12H2,1-4H3,(H,24,28). The molecule has 4 rings (SSSR count). The minimum atomic E-state index is -0.609. The van der Waals surface area contributed by atoms with Gasteiger partial charge in [-0.1, -0.05) is 17.3 Å². The van der Waals surface area contributed by atoms with Crippen LogP contribution < -0.4 is 5.32 Å². The molecule has 3 heterocycles. The number of hydrogen-bond acceptors (Lipinski definition) is 7. The number of aromatic nitrogens is 5. The summed E-state index contributed by atoms with van der Waals surface area (Å²) in [4.78, 5) is 21.4. The average Bonchev–Trinajstić information content (AvgIpc) is 3.25. The summed E-state index contributed by atoms with van der Waals surface area (Å²) >= 11 is 0. The fraction of sp³-hybridized carbons (Fsp3) is 0.286. The lowest BCUT2D eigenvalue weighted by Gasteiger charge is -2.20. The van der Waals surface area contributed by atoms with Crippen molar-refractivity contribution in [1.82, 2.24) is 24.8 Å². The van der Waals surface area contributed by atoms with Crippen LogP contribution in [0.1, 0.15) is 32.0 Å². The zero-order valence-electron chi connectivity index (χ0n) is 17.2. The molecule has 0 bridgehead atoms. The summed E-state index contributed by atoms with van der Waals surface area (Å²) in [5, 5.41) is 10.8. The maximum absolute atomic E-state index is 12.4. The number of nitrogens with one attached hydrogen (secondary N) is 1. The normalized spacial score (nSPS) is 11.6. The Morgan fingerprint density at radius 1 is 1.20 bits per heavy atom. The number of benzene rings is 1. The van der Waals surface area contributed by atoms with Crippen LogP contribution in [0.15, 0.2) is 47.4 Å². The quantitative estimate of drug-likeness (QED) is 0.541. The molecule has 30 heavy (non-hydrogen) atoms. The number of nitrogens with zero attached hydrogens (tertiary/aromatic N) is 5. The molecule has 154 valence electrons. The average molecular weight is 406 g/mol. The van der Waals surface area contributed by atoms with Crippen molar-refractivity contribution in [2.45, 2.75) is 39.8 Å². The number of rotatable bonds is 4. The first-order chi connectivity index (χ1) is 14.3. The summed E-state index contributed by atoms with van der Waals surface area (Å²) in [7, 11) is 0. The fourth-order valence-corrected chi connectivity index (χ4v) is 3.14. The number of fused-ring (bicyclic) bond motifs is 1. The van der Waals surface area contributed by atoms with Gasteiger partial charge in [0.2, 0.25) is 0 Å². The van der Waals surface area contributed by atoms with Gasteiger partial charge in [-0.2, -0.15) is 0 Å².